The summed E-state index contributed by atoms with van der Waals surface area (Å²) in [6, 6.07) is 7.09. The molecule has 1 N–H and O–H groups in total. The highest BCUT2D eigenvalue weighted by Gasteiger charge is 2.19. The average molecular weight is 407 g/mol. The molecule has 0 saturated carbocycles. The van der Waals surface area contributed by atoms with Gasteiger partial charge in [-0.3, -0.25) is 0 Å². The number of hydrogen-bond donors (Lipinski definition) is 1. The molecule has 8 heteroatoms. The average Bonchev–Trinajstić information content (AvgIpc) is 2.74. The second kappa shape index (κ2) is 10.1. The van der Waals surface area contributed by atoms with E-state index in [0.717, 1.165) is 19.3 Å². The first kappa shape index (κ1) is 20.2. The third kappa shape index (κ3) is 5.74. The predicted molar refractivity (Wildman–Crippen MR) is 105 cm³/mol. The van der Waals surface area contributed by atoms with Gasteiger partial charge in [0.1, 0.15) is 18.1 Å². The molecule has 0 bridgehead atoms. The van der Waals surface area contributed by atoms with Crippen molar-refractivity contribution < 1.29 is 23.8 Å². The maximum Gasteiger partial charge on any atom is 0.337 e. The molecule has 0 aliphatic carbocycles. The van der Waals surface area contributed by atoms with E-state index in [-0.39, 0.29) is 12.9 Å². The quantitative estimate of drug-likeness (QED) is 0.425. The number of esters is 1. The Kier molecular flexibility index (Phi) is 7.33. The van der Waals surface area contributed by atoms with Crippen LogP contribution >= 0.6 is 11.6 Å². The van der Waals surface area contributed by atoms with Crippen LogP contribution in [-0.2, 0) is 19.1 Å². The minimum atomic E-state index is -0.411. The summed E-state index contributed by atoms with van der Waals surface area (Å²) in [6.07, 6.45) is 5.87. The number of halogens is 1. The molecule has 1 unspecified atom stereocenters. The van der Waals surface area contributed by atoms with E-state index < -0.39 is 5.97 Å². The molecule has 7 nitrogen and oxygen atoms in total. The zero-order valence-electron chi connectivity index (χ0n) is 15.7. The molecular weight excluding hydrogens is 384 g/mol. The van der Waals surface area contributed by atoms with Gasteiger partial charge in [0.15, 0.2) is 0 Å². The van der Waals surface area contributed by atoms with Crippen molar-refractivity contribution in [1.29, 1.82) is 0 Å². The van der Waals surface area contributed by atoms with Gasteiger partial charge >= 0.3 is 5.97 Å². The predicted octanol–water partition coefficient (Wildman–Crippen LogP) is 3.20. The lowest BCUT2D eigenvalue weighted by Crippen LogP contribution is -2.30. The maximum atomic E-state index is 11.9. The van der Waals surface area contributed by atoms with Crippen molar-refractivity contribution in [2.75, 3.05) is 26.9 Å². The zero-order chi connectivity index (χ0) is 19.8. The summed E-state index contributed by atoms with van der Waals surface area (Å²) in [6.45, 7) is 1.25. The fraction of sp³-hybridized carbons (Fsp3) is 0.400. The highest BCUT2D eigenvalue weighted by Crippen LogP contribution is 2.19. The van der Waals surface area contributed by atoms with Crippen molar-refractivity contribution in [2.24, 2.45) is 5.16 Å². The molecule has 1 aromatic carbocycles. The van der Waals surface area contributed by atoms with Gasteiger partial charge in [-0.2, -0.15) is 0 Å². The molecule has 2 aliphatic rings. The SMILES string of the molecule is COC(=O)C1=CCNC(/C(COc2cccc(Cl)c2)=N/OC2CCCCO2)=C1. The van der Waals surface area contributed by atoms with E-state index >= 15 is 0 Å². The first-order chi connectivity index (χ1) is 13.7. The third-order valence-corrected chi connectivity index (χ3v) is 4.47. The van der Waals surface area contributed by atoms with E-state index in [0.29, 0.717) is 40.9 Å². The van der Waals surface area contributed by atoms with Crippen molar-refractivity contribution in [1.82, 2.24) is 5.32 Å². The van der Waals surface area contributed by atoms with Gasteiger partial charge in [-0.05, 0) is 37.1 Å². The molecule has 2 heterocycles. The minimum absolute atomic E-state index is 0.125. The van der Waals surface area contributed by atoms with Gasteiger partial charge in [0.05, 0.1) is 25.0 Å². The van der Waals surface area contributed by atoms with E-state index in [1.165, 1.54) is 7.11 Å². The van der Waals surface area contributed by atoms with E-state index in [9.17, 15) is 4.79 Å². The monoisotopic (exact) mass is 406 g/mol. The van der Waals surface area contributed by atoms with Gasteiger partial charge in [-0.25, -0.2) is 4.79 Å². The van der Waals surface area contributed by atoms with Gasteiger partial charge in [-0.15, -0.1) is 0 Å². The summed E-state index contributed by atoms with van der Waals surface area (Å²) in [5, 5.41) is 8.01. The second-order valence-corrected chi connectivity index (χ2v) is 6.71. The Morgan fingerprint density at radius 3 is 3.04 bits per heavy atom. The topological polar surface area (TPSA) is 78.4 Å². The molecular formula is C20H23ClN2O5. The van der Waals surface area contributed by atoms with Crippen LogP contribution in [0, 0.1) is 0 Å². The number of nitrogens with one attached hydrogen (secondary N) is 1. The lowest BCUT2D eigenvalue weighted by Gasteiger charge is -2.22. The van der Waals surface area contributed by atoms with Gasteiger partial charge in [-0.1, -0.05) is 28.9 Å². The van der Waals surface area contributed by atoms with Crippen LogP contribution in [0.1, 0.15) is 19.3 Å². The number of ether oxygens (including phenoxy) is 3. The lowest BCUT2D eigenvalue weighted by atomic mass is 10.1. The number of hydrogen-bond acceptors (Lipinski definition) is 7. The van der Waals surface area contributed by atoms with Crippen LogP contribution in [0.3, 0.4) is 0 Å². The summed E-state index contributed by atoms with van der Waals surface area (Å²) in [4.78, 5) is 17.4. The highest BCUT2D eigenvalue weighted by atomic mass is 35.5. The molecule has 0 spiro atoms. The fourth-order valence-corrected chi connectivity index (χ4v) is 2.94. The van der Waals surface area contributed by atoms with E-state index in [2.05, 4.69) is 10.5 Å². The van der Waals surface area contributed by atoms with Crippen molar-refractivity contribution in [3.05, 3.63) is 52.7 Å². The van der Waals surface area contributed by atoms with Gasteiger partial charge in [0, 0.05) is 18.0 Å². The molecule has 0 aromatic heterocycles. The highest BCUT2D eigenvalue weighted by molar-refractivity contribution is 6.30. The van der Waals surface area contributed by atoms with Gasteiger partial charge < -0.3 is 24.4 Å². The smallest absolute Gasteiger partial charge is 0.337 e. The van der Waals surface area contributed by atoms with E-state index in [1.807, 2.05) is 0 Å². The molecule has 2 aliphatic heterocycles. The van der Waals surface area contributed by atoms with Crippen molar-refractivity contribution >= 4 is 23.3 Å². The lowest BCUT2D eigenvalue weighted by molar-refractivity contribution is -0.162. The fourth-order valence-electron chi connectivity index (χ4n) is 2.76. The van der Waals surface area contributed by atoms with Gasteiger partial charge in [0.25, 0.3) is 0 Å². The number of carbonyl (C=O) groups is 1. The first-order valence-corrected chi connectivity index (χ1v) is 9.50. The first-order valence-electron chi connectivity index (χ1n) is 9.13. The summed E-state index contributed by atoms with van der Waals surface area (Å²) < 4.78 is 16.2. The van der Waals surface area contributed by atoms with Crippen molar-refractivity contribution in [3.8, 4) is 5.75 Å². The molecule has 28 heavy (non-hydrogen) atoms. The van der Waals surface area contributed by atoms with E-state index in [1.54, 1.807) is 36.4 Å². The summed E-state index contributed by atoms with van der Waals surface area (Å²) >= 11 is 6.01. The number of nitrogens with zero attached hydrogens (tertiary/aromatic N) is 1. The minimum Gasteiger partial charge on any atom is -0.487 e. The Bertz CT molecular complexity index is 785. The van der Waals surface area contributed by atoms with Crippen molar-refractivity contribution in [3.63, 3.8) is 0 Å². The Labute approximate surface area is 168 Å². The third-order valence-electron chi connectivity index (χ3n) is 4.24. The number of methoxy groups -OCH3 is 1. The molecule has 1 fully saturated rings. The summed E-state index contributed by atoms with van der Waals surface area (Å²) in [7, 11) is 1.35. The van der Waals surface area contributed by atoms with E-state index in [4.69, 9.17) is 30.6 Å². The number of rotatable bonds is 7. The second-order valence-electron chi connectivity index (χ2n) is 6.28. The molecule has 1 atom stereocenters. The number of carbonyl (C=O) groups excluding carboxylic acids is 1. The van der Waals surface area contributed by atoms with Crippen LogP contribution in [0.25, 0.3) is 0 Å². The largest absolute Gasteiger partial charge is 0.487 e. The number of oxime groups is 1. The molecule has 3 rings (SSSR count). The number of benzene rings is 1. The Hall–Kier alpha value is -2.51. The molecule has 0 radical (unpaired) electrons. The van der Waals surface area contributed by atoms with Crippen LogP contribution in [-0.4, -0.2) is 44.8 Å². The van der Waals surface area contributed by atoms with Crippen molar-refractivity contribution in [2.45, 2.75) is 25.6 Å². The van der Waals surface area contributed by atoms with Crippen LogP contribution in [0.15, 0.2) is 52.8 Å². The maximum absolute atomic E-state index is 11.9. The molecule has 1 saturated heterocycles. The van der Waals surface area contributed by atoms with Crippen LogP contribution < -0.4 is 10.1 Å². The van der Waals surface area contributed by atoms with Crippen LogP contribution in [0.4, 0.5) is 0 Å². The summed E-state index contributed by atoms with van der Waals surface area (Å²) in [5.41, 5.74) is 1.57. The zero-order valence-corrected chi connectivity index (χ0v) is 16.4. The summed E-state index contributed by atoms with van der Waals surface area (Å²) in [5.74, 6) is 0.194. The molecule has 150 valence electrons. The Balaban J connectivity index is 1.76. The molecule has 1 aromatic rings. The normalized spacial score (nSPS) is 19.8. The van der Waals surface area contributed by atoms with Crippen LogP contribution in [0.2, 0.25) is 5.02 Å². The molecule has 0 amide bonds. The van der Waals surface area contributed by atoms with Crippen LogP contribution in [0.5, 0.6) is 5.75 Å². The van der Waals surface area contributed by atoms with Gasteiger partial charge in [0.2, 0.25) is 6.29 Å². The number of dihydropyridines is 1. The Morgan fingerprint density at radius 2 is 2.29 bits per heavy atom. The Morgan fingerprint density at radius 1 is 1.39 bits per heavy atom. The standard InChI is InChI=1S/C20H23ClN2O5/c1-25-20(24)14-8-9-22-17(11-14)18(23-28-19-7-2-3-10-26-19)13-27-16-6-4-5-15(21)12-16/h4-6,8,11-12,19,22H,2-3,7,9-10,13H2,1H3/b23-18+.